The second-order valence-corrected chi connectivity index (χ2v) is 12.3. The minimum atomic E-state index is -1.70. The maximum atomic E-state index is 8.66. The molecule has 7 heteroatoms. The van der Waals surface area contributed by atoms with Crippen LogP contribution in [0.5, 0.6) is 0 Å². The van der Waals surface area contributed by atoms with E-state index in [1.165, 1.54) is 0 Å². The van der Waals surface area contributed by atoms with Crippen LogP contribution in [0.4, 0.5) is 0 Å². The van der Waals surface area contributed by atoms with E-state index in [4.69, 9.17) is 9.96 Å². The van der Waals surface area contributed by atoms with Gasteiger partial charge in [0.2, 0.25) is 0 Å². The average Bonchev–Trinajstić information content (AvgIpc) is 2.33. The van der Waals surface area contributed by atoms with Gasteiger partial charge in [-0.05, 0) is 42.9 Å². The molecule has 0 rings (SSSR count). The van der Waals surface area contributed by atoms with E-state index < -0.39 is 8.32 Å². The van der Waals surface area contributed by atoms with E-state index in [2.05, 4.69) is 65.3 Å². The Bertz CT molecular complexity index is 340. The third-order valence-corrected chi connectivity index (χ3v) is 9.25. The SMILES string of the molecule is C[C@@H](CO[Si](C)(C)C(C)(C)C)C[C@H](N=[N+]=[N-])[C@H](C)NP. The van der Waals surface area contributed by atoms with Gasteiger partial charge in [-0.25, -0.2) is 0 Å². The van der Waals surface area contributed by atoms with Crippen LogP contribution in [0, 0.1) is 5.92 Å². The molecule has 0 saturated carbocycles. The lowest BCUT2D eigenvalue weighted by molar-refractivity contribution is 0.220. The van der Waals surface area contributed by atoms with Crippen LogP contribution in [-0.4, -0.2) is 27.0 Å². The van der Waals surface area contributed by atoms with Crippen LogP contribution in [0.2, 0.25) is 18.1 Å². The number of nitrogens with zero attached hydrogens (tertiary/aromatic N) is 3. The molecule has 0 aromatic heterocycles. The second-order valence-electron chi connectivity index (χ2n) is 7.14. The Morgan fingerprint density at radius 3 is 2.30 bits per heavy atom. The van der Waals surface area contributed by atoms with E-state index in [0.717, 1.165) is 13.0 Å². The smallest absolute Gasteiger partial charge is 0.191 e. The van der Waals surface area contributed by atoms with Gasteiger partial charge >= 0.3 is 0 Å². The van der Waals surface area contributed by atoms with E-state index in [0.29, 0.717) is 5.92 Å². The van der Waals surface area contributed by atoms with Gasteiger partial charge in [-0.2, -0.15) is 0 Å². The van der Waals surface area contributed by atoms with Crippen LogP contribution in [0.15, 0.2) is 5.11 Å². The van der Waals surface area contributed by atoms with Crippen LogP contribution >= 0.6 is 9.39 Å². The van der Waals surface area contributed by atoms with Crippen molar-refractivity contribution in [2.24, 2.45) is 11.0 Å². The highest BCUT2D eigenvalue weighted by Crippen LogP contribution is 2.36. The number of hydrogen-bond acceptors (Lipinski definition) is 3. The maximum absolute atomic E-state index is 8.66. The molecule has 0 radical (unpaired) electrons. The van der Waals surface area contributed by atoms with Crippen molar-refractivity contribution in [2.45, 2.75) is 71.3 Å². The molecule has 5 nitrogen and oxygen atoms in total. The number of azide groups is 1. The van der Waals surface area contributed by atoms with E-state index in [1.807, 2.05) is 6.92 Å². The molecule has 0 aliphatic rings. The molecule has 0 bridgehead atoms. The third-order valence-electron chi connectivity index (χ3n) is 4.22. The lowest BCUT2D eigenvalue weighted by Crippen LogP contribution is -2.42. The largest absolute Gasteiger partial charge is 0.417 e. The van der Waals surface area contributed by atoms with Crippen molar-refractivity contribution >= 4 is 17.7 Å². The van der Waals surface area contributed by atoms with Gasteiger partial charge < -0.3 is 4.43 Å². The third kappa shape index (κ3) is 6.55. The first-order chi connectivity index (χ1) is 9.05. The standard InChI is InChI=1S/C13H31N4OPSi/c1-10(8-12(15-17-14)11(2)16-19)9-18-20(6,7)13(3,4)5/h10-12,16H,8-9,19H2,1-7H3/t10-,11+,12+/m1/s1. The van der Waals surface area contributed by atoms with Gasteiger partial charge in [0, 0.05) is 17.6 Å². The summed E-state index contributed by atoms with van der Waals surface area (Å²) in [5.74, 6) is 0.375. The minimum absolute atomic E-state index is 0.0458. The average molecular weight is 318 g/mol. The lowest BCUT2D eigenvalue weighted by atomic mass is 9.99. The first-order valence-electron chi connectivity index (χ1n) is 7.19. The minimum Gasteiger partial charge on any atom is -0.417 e. The highest BCUT2D eigenvalue weighted by atomic mass is 31.0. The summed E-state index contributed by atoms with van der Waals surface area (Å²) >= 11 is 0. The zero-order valence-corrected chi connectivity index (χ0v) is 16.1. The fourth-order valence-corrected chi connectivity index (χ4v) is 2.93. The van der Waals surface area contributed by atoms with E-state index in [9.17, 15) is 0 Å². The summed E-state index contributed by atoms with van der Waals surface area (Å²) in [6.07, 6.45) is 0.835. The Morgan fingerprint density at radius 2 is 1.90 bits per heavy atom. The molecular formula is C13H31N4OPSi. The number of rotatable bonds is 8. The van der Waals surface area contributed by atoms with Crippen LogP contribution in [-0.2, 0) is 4.43 Å². The monoisotopic (exact) mass is 318 g/mol. The van der Waals surface area contributed by atoms with Crippen molar-refractivity contribution in [3.63, 3.8) is 0 Å². The fourth-order valence-electron chi connectivity index (χ4n) is 1.58. The summed E-state index contributed by atoms with van der Waals surface area (Å²) in [7, 11) is 0.783. The molecule has 0 aliphatic heterocycles. The number of nitrogens with one attached hydrogen (secondary N) is 1. The summed E-state index contributed by atoms with van der Waals surface area (Å²) in [6, 6.07) is 0.0988. The summed E-state index contributed by atoms with van der Waals surface area (Å²) in [6.45, 7) is 16.2. The highest BCUT2D eigenvalue weighted by molar-refractivity contribution is 7.13. The summed E-state index contributed by atoms with van der Waals surface area (Å²) in [5, 5.41) is 7.19. The van der Waals surface area contributed by atoms with E-state index in [1.54, 1.807) is 0 Å². The lowest BCUT2D eigenvalue weighted by Gasteiger charge is -2.37. The maximum Gasteiger partial charge on any atom is 0.191 e. The molecule has 4 atom stereocenters. The van der Waals surface area contributed by atoms with Crippen molar-refractivity contribution in [1.29, 1.82) is 0 Å². The van der Waals surface area contributed by atoms with Crippen molar-refractivity contribution in [3.8, 4) is 0 Å². The molecule has 1 unspecified atom stereocenters. The van der Waals surface area contributed by atoms with Crippen molar-refractivity contribution < 1.29 is 4.43 Å². The van der Waals surface area contributed by atoms with Crippen molar-refractivity contribution in [2.75, 3.05) is 6.61 Å². The Balaban J connectivity index is 4.48. The van der Waals surface area contributed by atoms with Crippen LogP contribution < -0.4 is 5.09 Å². The van der Waals surface area contributed by atoms with Gasteiger partial charge in [-0.15, -0.1) is 0 Å². The quantitative estimate of drug-likeness (QED) is 0.236. The van der Waals surface area contributed by atoms with Crippen molar-refractivity contribution in [1.82, 2.24) is 5.09 Å². The molecule has 0 spiro atoms. The second kappa shape index (κ2) is 8.35. The van der Waals surface area contributed by atoms with Crippen molar-refractivity contribution in [3.05, 3.63) is 10.4 Å². The van der Waals surface area contributed by atoms with E-state index >= 15 is 0 Å². The highest BCUT2D eigenvalue weighted by Gasteiger charge is 2.37. The molecule has 0 fully saturated rings. The summed E-state index contributed by atoms with van der Waals surface area (Å²) in [4.78, 5) is 2.95. The molecule has 20 heavy (non-hydrogen) atoms. The van der Waals surface area contributed by atoms with E-state index in [-0.39, 0.29) is 17.1 Å². The van der Waals surface area contributed by atoms with Crippen LogP contribution in [0.25, 0.3) is 10.4 Å². The molecular weight excluding hydrogens is 287 g/mol. The zero-order valence-electron chi connectivity index (χ0n) is 14.0. The predicted molar refractivity (Wildman–Crippen MR) is 92.2 cm³/mol. The van der Waals surface area contributed by atoms with Gasteiger partial charge in [0.25, 0.3) is 0 Å². The molecule has 0 aromatic carbocycles. The van der Waals surface area contributed by atoms with Gasteiger partial charge in [-0.3, -0.25) is 5.09 Å². The van der Waals surface area contributed by atoms with Crippen LogP contribution in [0.1, 0.15) is 41.0 Å². The Hall–Kier alpha value is -0.123. The molecule has 0 saturated heterocycles. The Labute approximate surface area is 127 Å². The Morgan fingerprint density at radius 1 is 1.35 bits per heavy atom. The van der Waals surface area contributed by atoms with Gasteiger partial charge in [-0.1, -0.05) is 42.2 Å². The number of hydrogen-bond donors (Lipinski definition) is 1. The zero-order chi connectivity index (χ0) is 16.0. The fraction of sp³-hybridized carbons (Fsp3) is 1.00. The summed E-state index contributed by atoms with van der Waals surface area (Å²) in [5.41, 5.74) is 8.66. The first-order valence-corrected chi connectivity index (χ1v) is 10.7. The van der Waals surface area contributed by atoms with Gasteiger partial charge in [0.15, 0.2) is 8.32 Å². The molecule has 118 valence electrons. The topological polar surface area (TPSA) is 70.0 Å². The van der Waals surface area contributed by atoms with Gasteiger partial charge in [0.1, 0.15) is 0 Å². The predicted octanol–water partition coefficient (Wildman–Crippen LogP) is 4.48. The molecule has 0 heterocycles. The molecule has 1 N–H and O–H groups in total. The normalized spacial score (nSPS) is 17.2. The first kappa shape index (κ1) is 19.9. The molecule has 0 amide bonds. The molecule has 0 aliphatic carbocycles. The Kier molecular flexibility index (Phi) is 8.30. The van der Waals surface area contributed by atoms with Gasteiger partial charge in [0.05, 0.1) is 6.04 Å². The van der Waals surface area contributed by atoms with Crippen LogP contribution in [0.3, 0.4) is 0 Å². The summed E-state index contributed by atoms with van der Waals surface area (Å²) < 4.78 is 6.23. The molecule has 0 aromatic rings.